The zero-order valence-electron chi connectivity index (χ0n) is 7.95. The summed E-state index contributed by atoms with van der Waals surface area (Å²) in [6, 6.07) is 7.85. The highest BCUT2D eigenvalue weighted by Gasteiger charge is 2.29. The second-order valence-corrected chi connectivity index (χ2v) is 4.27. The van der Waals surface area contributed by atoms with Gasteiger partial charge in [-0.1, -0.05) is 36.2 Å². The molecular weight excluding hydrogens is 196 g/mol. The smallest absolute Gasteiger partial charge is 0.123 e. The van der Waals surface area contributed by atoms with E-state index in [-0.39, 0.29) is 5.92 Å². The zero-order chi connectivity index (χ0) is 9.97. The molecule has 1 aromatic carbocycles. The van der Waals surface area contributed by atoms with Crippen molar-refractivity contribution in [3.05, 3.63) is 34.9 Å². The largest absolute Gasteiger partial charge is 0.303 e. The Hall–Kier alpha value is -0.820. The van der Waals surface area contributed by atoms with Crippen LogP contribution in [0.2, 0.25) is 5.02 Å². The number of carbonyl (C=O) groups is 1. The molecule has 0 radical (unpaired) electrons. The Labute approximate surface area is 89.1 Å². The molecule has 1 aliphatic rings. The van der Waals surface area contributed by atoms with Crippen LogP contribution < -0.4 is 0 Å². The summed E-state index contributed by atoms with van der Waals surface area (Å²) < 4.78 is 0. The molecule has 0 saturated heterocycles. The molecule has 2 unspecified atom stereocenters. The highest BCUT2D eigenvalue weighted by Crippen LogP contribution is 2.40. The number of benzene rings is 1. The SMILES string of the molecule is O=CC1CCCC1c1ccccc1Cl. The van der Waals surface area contributed by atoms with Gasteiger partial charge < -0.3 is 4.79 Å². The standard InChI is InChI=1S/C12H13ClO/c13-12-7-2-1-5-11(12)10-6-3-4-9(10)8-14/h1-2,5,7-10H,3-4,6H2. The lowest BCUT2D eigenvalue weighted by Gasteiger charge is -2.15. The molecule has 1 aromatic rings. The van der Waals surface area contributed by atoms with Gasteiger partial charge in [0.25, 0.3) is 0 Å². The number of halogens is 1. The monoisotopic (exact) mass is 208 g/mol. The molecule has 1 saturated carbocycles. The molecule has 1 nitrogen and oxygen atoms in total. The van der Waals surface area contributed by atoms with Crippen molar-refractivity contribution in [2.75, 3.05) is 0 Å². The summed E-state index contributed by atoms with van der Waals surface area (Å²) >= 11 is 6.11. The van der Waals surface area contributed by atoms with E-state index in [0.29, 0.717) is 5.92 Å². The minimum absolute atomic E-state index is 0.176. The molecule has 14 heavy (non-hydrogen) atoms. The van der Waals surface area contributed by atoms with Crippen molar-refractivity contribution in [2.24, 2.45) is 5.92 Å². The van der Waals surface area contributed by atoms with Gasteiger partial charge in [-0.25, -0.2) is 0 Å². The van der Waals surface area contributed by atoms with Gasteiger partial charge in [-0.05, 0) is 30.4 Å². The van der Waals surface area contributed by atoms with Crippen molar-refractivity contribution in [1.82, 2.24) is 0 Å². The zero-order valence-corrected chi connectivity index (χ0v) is 8.70. The Bertz CT molecular complexity index is 335. The third-order valence-electron chi connectivity index (χ3n) is 3.05. The minimum Gasteiger partial charge on any atom is -0.303 e. The minimum atomic E-state index is 0.176. The van der Waals surface area contributed by atoms with Crippen molar-refractivity contribution >= 4 is 17.9 Å². The van der Waals surface area contributed by atoms with Crippen LogP contribution in [0.5, 0.6) is 0 Å². The number of rotatable bonds is 2. The van der Waals surface area contributed by atoms with E-state index in [1.165, 1.54) is 0 Å². The lowest BCUT2D eigenvalue weighted by Crippen LogP contribution is -2.07. The van der Waals surface area contributed by atoms with Gasteiger partial charge in [0, 0.05) is 10.9 Å². The quantitative estimate of drug-likeness (QED) is 0.681. The van der Waals surface area contributed by atoms with Crippen LogP contribution in [0, 0.1) is 5.92 Å². The molecular formula is C12H13ClO. The van der Waals surface area contributed by atoms with Crippen LogP contribution in [0.25, 0.3) is 0 Å². The average Bonchev–Trinajstić information content (AvgIpc) is 2.66. The lowest BCUT2D eigenvalue weighted by molar-refractivity contribution is -0.111. The van der Waals surface area contributed by atoms with Gasteiger partial charge >= 0.3 is 0 Å². The first-order chi connectivity index (χ1) is 6.83. The van der Waals surface area contributed by atoms with E-state index in [0.717, 1.165) is 36.1 Å². The fraction of sp³-hybridized carbons (Fsp3) is 0.417. The van der Waals surface area contributed by atoms with Gasteiger partial charge in [0.2, 0.25) is 0 Å². The highest BCUT2D eigenvalue weighted by atomic mass is 35.5. The number of carbonyl (C=O) groups excluding carboxylic acids is 1. The molecule has 2 heteroatoms. The van der Waals surface area contributed by atoms with Crippen molar-refractivity contribution in [2.45, 2.75) is 25.2 Å². The summed E-state index contributed by atoms with van der Waals surface area (Å²) in [6.07, 6.45) is 4.33. The molecule has 0 heterocycles. The maximum atomic E-state index is 10.9. The van der Waals surface area contributed by atoms with Gasteiger partial charge in [0.15, 0.2) is 0 Å². The summed E-state index contributed by atoms with van der Waals surface area (Å²) in [5.74, 6) is 0.524. The van der Waals surface area contributed by atoms with E-state index >= 15 is 0 Å². The molecule has 2 rings (SSSR count). The third-order valence-corrected chi connectivity index (χ3v) is 3.39. The number of hydrogen-bond acceptors (Lipinski definition) is 1. The summed E-state index contributed by atoms with van der Waals surface area (Å²) in [5.41, 5.74) is 1.14. The predicted octanol–water partition coefficient (Wildman–Crippen LogP) is 3.42. The van der Waals surface area contributed by atoms with E-state index < -0.39 is 0 Å². The molecule has 1 fully saturated rings. The van der Waals surface area contributed by atoms with E-state index in [2.05, 4.69) is 0 Å². The van der Waals surface area contributed by atoms with Crippen molar-refractivity contribution < 1.29 is 4.79 Å². The fourth-order valence-corrected chi connectivity index (χ4v) is 2.59. The Morgan fingerprint density at radius 2 is 2.07 bits per heavy atom. The molecule has 0 spiro atoms. The van der Waals surface area contributed by atoms with E-state index in [4.69, 9.17) is 11.6 Å². The van der Waals surface area contributed by atoms with Crippen LogP contribution in [-0.2, 0) is 4.79 Å². The maximum Gasteiger partial charge on any atom is 0.123 e. The van der Waals surface area contributed by atoms with Crippen molar-refractivity contribution in [1.29, 1.82) is 0 Å². The summed E-state index contributed by atoms with van der Waals surface area (Å²) in [5, 5.41) is 0.797. The molecule has 2 atom stereocenters. The summed E-state index contributed by atoms with van der Waals surface area (Å²) in [7, 11) is 0. The molecule has 0 amide bonds. The second-order valence-electron chi connectivity index (χ2n) is 3.86. The Kier molecular flexibility index (Phi) is 2.87. The van der Waals surface area contributed by atoms with Crippen LogP contribution in [0.15, 0.2) is 24.3 Å². The first-order valence-electron chi connectivity index (χ1n) is 5.02. The summed E-state index contributed by atoms with van der Waals surface area (Å²) in [4.78, 5) is 10.9. The second kappa shape index (κ2) is 4.14. The fourth-order valence-electron chi connectivity index (χ4n) is 2.31. The van der Waals surface area contributed by atoms with Crippen LogP contribution >= 0.6 is 11.6 Å². The van der Waals surface area contributed by atoms with Gasteiger partial charge in [0.1, 0.15) is 6.29 Å². The first kappa shape index (κ1) is 9.72. The number of aldehydes is 1. The van der Waals surface area contributed by atoms with Crippen molar-refractivity contribution in [3.63, 3.8) is 0 Å². The Balaban J connectivity index is 2.30. The average molecular weight is 209 g/mol. The van der Waals surface area contributed by atoms with Gasteiger partial charge in [0.05, 0.1) is 0 Å². The Morgan fingerprint density at radius 1 is 1.29 bits per heavy atom. The highest BCUT2D eigenvalue weighted by molar-refractivity contribution is 6.31. The van der Waals surface area contributed by atoms with E-state index in [1.807, 2.05) is 24.3 Å². The van der Waals surface area contributed by atoms with Gasteiger partial charge in [-0.3, -0.25) is 0 Å². The lowest BCUT2D eigenvalue weighted by atomic mass is 9.90. The number of hydrogen-bond donors (Lipinski definition) is 0. The molecule has 0 N–H and O–H groups in total. The normalized spacial score (nSPS) is 26.4. The van der Waals surface area contributed by atoms with Crippen molar-refractivity contribution in [3.8, 4) is 0 Å². The van der Waals surface area contributed by atoms with E-state index in [1.54, 1.807) is 0 Å². The predicted molar refractivity (Wildman–Crippen MR) is 57.6 cm³/mol. The molecule has 1 aliphatic carbocycles. The summed E-state index contributed by atoms with van der Waals surface area (Å²) in [6.45, 7) is 0. The van der Waals surface area contributed by atoms with Gasteiger partial charge in [-0.15, -0.1) is 0 Å². The first-order valence-corrected chi connectivity index (χ1v) is 5.40. The Morgan fingerprint density at radius 3 is 2.79 bits per heavy atom. The molecule has 0 aliphatic heterocycles. The topological polar surface area (TPSA) is 17.1 Å². The molecule has 0 aromatic heterocycles. The van der Waals surface area contributed by atoms with E-state index in [9.17, 15) is 4.79 Å². The molecule has 74 valence electrons. The van der Waals surface area contributed by atoms with Crippen LogP contribution in [-0.4, -0.2) is 6.29 Å². The van der Waals surface area contributed by atoms with Gasteiger partial charge in [-0.2, -0.15) is 0 Å². The van der Waals surface area contributed by atoms with Crippen LogP contribution in [0.3, 0.4) is 0 Å². The maximum absolute atomic E-state index is 10.9. The van der Waals surface area contributed by atoms with Crippen LogP contribution in [0.4, 0.5) is 0 Å². The third kappa shape index (κ3) is 1.69. The molecule has 0 bridgehead atoms. The van der Waals surface area contributed by atoms with Crippen LogP contribution in [0.1, 0.15) is 30.7 Å².